The highest BCUT2D eigenvalue weighted by Crippen LogP contribution is 2.33. The molecule has 0 spiro atoms. The molecule has 0 atom stereocenters. The van der Waals surface area contributed by atoms with Crippen molar-refractivity contribution in [1.29, 1.82) is 0 Å². The summed E-state index contributed by atoms with van der Waals surface area (Å²) in [5.41, 5.74) is 3.45. The quantitative estimate of drug-likeness (QED) is 0.804. The van der Waals surface area contributed by atoms with E-state index in [1.807, 2.05) is 26.0 Å². The van der Waals surface area contributed by atoms with Crippen LogP contribution < -0.4 is 0 Å². The van der Waals surface area contributed by atoms with Gasteiger partial charge < -0.3 is 5.11 Å². The van der Waals surface area contributed by atoms with Crippen molar-refractivity contribution < 1.29 is 9.90 Å². The van der Waals surface area contributed by atoms with Gasteiger partial charge in [0, 0.05) is 0 Å². The third-order valence-electron chi connectivity index (χ3n) is 3.99. The van der Waals surface area contributed by atoms with E-state index in [1.165, 1.54) is 37.7 Å². The van der Waals surface area contributed by atoms with Crippen LogP contribution in [-0.2, 0) is 4.79 Å². The number of hydrogen-bond donors (Lipinski definition) is 1. The Kier molecular flexibility index (Phi) is 4.41. The summed E-state index contributed by atoms with van der Waals surface area (Å²) < 4.78 is 0. The summed E-state index contributed by atoms with van der Waals surface area (Å²) in [5.74, 6) is -0.173. The summed E-state index contributed by atoms with van der Waals surface area (Å²) in [5, 5.41) is 9.26. The molecule has 0 saturated heterocycles. The molecule has 1 fully saturated rings. The van der Waals surface area contributed by atoms with Gasteiger partial charge in [-0.2, -0.15) is 0 Å². The van der Waals surface area contributed by atoms with Crippen LogP contribution >= 0.6 is 0 Å². The summed E-state index contributed by atoms with van der Waals surface area (Å²) in [6.07, 6.45) is 6.54. The van der Waals surface area contributed by atoms with Crippen molar-refractivity contribution in [1.82, 2.24) is 0 Å². The lowest BCUT2D eigenvalue weighted by Gasteiger charge is -2.22. The lowest BCUT2D eigenvalue weighted by atomic mass is 9.83. The molecular formula is C17H22O2. The lowest BCUT2D eigenvalue weighted by Crippen LogP contribution is -2.05. The average Bonchev–Trinajstić information content (AvgIpc) is 2.40. The van der Waals surface area contributed by atoms with Gasteiger partial charge in [0.15, 0.2) is 0 Å². The summed E-state index contributed by atoms with van der Waals surface area (Å²) in [4.78, 5) is 11.3. The summed E-state index contributed by atoms with van der Waals surface area (Å²) in [7, 11) is 0. The molecule has 0 heterocycles. The molecule has 1 N–H and O–H groups in total. The fourth-order valence-corrected chi connectivity index (χ4v) is 2.98. The molecule has 1 aromatic carbocycles. The molecule has 1 aromatic rings. The van der Waals surface area contributed by atoms with Crippen molar-refractivity contribution >= 4 is 11.5 Å². The first kappa shape index (κ1) is 13.9. The Morgan fingerprint density at radius 1 is 1.05 bits per heavy atom. The van der Waals surface area contributed by atoms with Gasteiger partial charge >= 0.3 is 5.97 Å². The Morgan fingerprint density at radius 3 is 2.11 bits per heavy atom. The highest BCUT2D eigenvalue weighted by atomic mass is 16.4. The Morgan fingerprint density at radius 2 is 1.63 bits per heavy atom. The zero-order valence-electron chi connectivity index (χ0n) is 11.8. The molecule has 1 aliphatic carbocycles. The lowest BCUT2D eigenvalue weighted by molar-refractivity contribution is -0.130. The normalized spacial score (nSPS) is 16.1. The molecule has 2 heteroatoms. The van der Waals surface area contributed by atoms with Gasteiger partial charge in [-0.3, -0.25) is 0 Å². The number of hydrogen-bond acceptors (Lipinski definition) is 1. The fraction of sp³-hybridized carbons (Fsp3) is 0.471. The van der Waals surface area contributed by atoms with Crippen molar-refractivity contribution in [2.24, 2.45) is 0 Å². The minimum Gasteiger partial charge on any atom is -0.478 e. The molecule has 0 amide bonds. The van der Waals surface area contributed by atoms with Gasteiger partial charge in [-0.1, -0.05) is 49.1 Å². The van der Waals surface area contributed by atoms with E-state index < -0.39 is 5.97 Å². The molecule has 0 unspecified atom stereocenters. The maximum Gasteiger partial charge on any atom is 0.336 e. The molecule has 0 bridgehead atoms. The van der Waals surface area contributed by atoms with Crippen molar-refractivity contribution in [2.45, 2.75) is 51.9 Å². The second kappa shape index (κ2) is 6.05. The zero-order chi connectivity index (χ0) is 13.8. The molecule has 0 aliphatic heterocycles. The first-order valence-corrected chi connectivity index (χ1v) is 7.10. The molecule has 102 valence electrons. The predicted octanol–water partition coefficient (Wildman–Crippen LogP) is 4.61. The van der Waals surface area contributed by atoms with E-state index in [4.69, 9.17) is 0 Å². The van der Waals surface area contributed by atoms with Gasteiger partial charge in [0.05, 0.1) is 5.57 Å². The first-order chi connectivity index (χ1) is 9.09. The largest absolute Gasteiger partial charge is 0.478 e. The van der Waals surface area contributed by atoms with Gasteiger partial charge in [-0.15, -0.1) is 0 Å². The van der Waals surface area contributed by atoms with E-state index in [2.05, 4.69) is 12.1 Å². The summed E-state index contributed by atoms with van der Waals surface area (Å²) >= 11 is 0. The highest BCUT2D eigenvalue weighted by molar-refractivity contribution is 6.16. The second-order valence-electron chi connectivity index (χ2n) is 5.64. The fourth-order valence-electron chi connectivity index (χ4n) is 2.98. The number of rotatable bonds is 3. The molecule has 0 radical (unpaired) electrons. The molecule has 19 heavy (non-hydrogen) atoms. The third-order valence-corrected chi connectivity index (χ3v) is 3.99. The number of aliphatic carboxylic acids is 1. The van der Waals surface area contributed by atoms with Crippen LogP contribution in [-0.4, -0.2) is 11.1 Å². The highest BCUT2D eigenvalue weighted by Gasteiger charge is 2.16. The van der Waals surface area contributed by atoms with Crippen LogP contribution in [0.1, 0.15) is 63.0 Å². The van der Waals surface area contributed by atoms with Crippen molar-refractivity contribution in [3.8, 4) is 0 Å². The molecule has 2 rings (SSSR count). The molecular weight excluding hydrogens is 236 g/mol. The summed E-state index contributed by atoms with van der Waals surface area (Å²) in [6, 6.07) is 8.13. The monoisotopic (exact) mass is 258 g/mol. The van der Waals surface area contributed by atoms with Crippen LogP contribution in [0.3, 0.4) is 0 Å². The number of carboxylic acids is 1. The standard InChI is InChI=1S/C17H22O2/c1-12(2)16(17(18)19)15-10-8-14(9-11-15)13-6-4-3-5-7-13/h8-11,13H,3-7H2,1-2H3,(H,18,19). The summed E-state index contributed by atoms with van der Waals surface area (Å²) in [6.45, 7) is 3.69. The average molecular weight is 258 g/mol. The topological polar surface area (TPSA) is 37.3 Å². The second-order valence-corrected chi connectivity index (χ2v) is 5.64. The Bertz CT molecular complexity index is 472. The predicted molar refractivity (Wildman–Crippen MR) is 78.2 cm³/mol. The molecule has 2 nitrogen and oxygen atoms in total. The number of benzene rings is 1. The first-order valence-electron chi connectivity index (χ1n) is 7.10. The third kappa shape index (κ3) is 3.25. The van der Waals surface area contributed by atoms with E-state index in [0.717, 1.165) is 11.1 Å². The van der Waals surface area contributed by atoms with Gasteiger partial charge in [-0.05, 0) is 43.7 Å². The smallest absolute Gasteiger partial charge is 0.336 e. The van der Waals surface area contributed by atoms with Crippen LogP contribution in [0.5, 0.6) is 0 Å². The van der Waals surface area contributed by atoms with E-state index in [-0.39, 0.29) is 0 Å². The SMILES string of the molecule is CC(C)=C(C(=O)O)c1ccc(C2CCCCC2)cc1. The van der Waals surface area contributed by atoms with E-state index in [0.29, 0.717) is 11.5 Å². The van der Waals surface area contributed by atoms with E-state index in [1.54, 1.807) is 0 Å². The van der Waals surface area contributed by atoms with Gasteiger partial charge in [0.25, 0.3) is 0 Å². The maximum atomic E-state index is 11.3. The van der Waals surface area contributed by atoms with Crippen LogP contribution in [0.25, 0.3) is 5.57 Å². The van der Waals surface area contributed by atoms with Crippen LogP contribution in [0.15, 0.2) is 29.8 Å². The molecule has 1 saturated carbocycles. The van der Waals surface area contributed by atoms with Crippen LogP contribution in [0, 0.1) is 0 Å². The molecule has 1 aliphatic rings. The Balaban J connectivity index is 2.22. The van der Waals surface area contributed by atoms with E-state index >= 15 is 0 Å². The number of allylic oxidation sites excluding steroid dienone is 1. The van der Waals surface area contributed by atoms with Gasteiger partial charge in [0.1, 0.15) is 0 Å². The Labute approximate surface area is 115 Å². The maximum absolute atomic E-state index is 11.3. The molecule has 0 aromatic heterocycles. The van der Waals surface area contributed by atoms with Crippen LogP contribution in [0.2, 0.25) is 0 Å². The van der Waals surface area contributed by atoms with Gasteiger partial charge in [0.2, 0.25) is 0 Å². The van der Waals surface area contributed by atoms with Crippen molar-refractivity contribution in [2.75, 3.05) is 0 Å². The van der Waals surface area contributed by atoms with Crippen molar-refractivity contribution in [3.05, 3.63) is 41.0 Å². The number of carboxylic acid groups (broad SMARTS) is 1. The zero-order valence-corrected chi connectivity index (χ0v) is 11.8. The Hall–Kier alpha value is -1.57. The number of carbonyl (C=O) groups is 1. The van der Waals surface area contributed by atoms with E-state index in [9.17, 15) is 9.90 Å². The van der Waals surface area contributed by atoms with Crippen LogP contribution in [0.4, 0.5) is 0 Å². The minimum absolute atomic E-state index is 0.426. The van der Waals surface area contributed by atoms with Gasteiger partial charge in [-0.25, -0.2) is 4.79 Å². The van der Waals surface area contributed by atoms with Crippen molar-refractivity contribution in [3.63, 3.8) is 0 Å². The minimum atomic E-state index is -0.842.